The first-order chi connectivity index (χ1) is 9.63. The second kappa shape index (κ2) is 6.71. The Labute approximate surface area is 127 Å². The summed E-state index contributed by atoms with van der Waals surface area (Å²) in [5.74, 6) is 0.674. The predicted octanol–water partition coefficient (Wildman–Crippen LogP) is 4.45. The number of rotatable bonds is 5. The predicted molar refractivity (Wildman–Crippen MR) is 84.5 cm³/mol. The maximum absolute atomic E-state index is 12.4. The number of methoxy groups -OCH3 is 1. The fourth-order valence-electron chi connectivity index (χ4n) is 2.07. The summed E-state index contributed by atoms with van der Waals surface area (Å²) in [6.45, 7) is 2.12. The quantitative estimate of drug-likeness (QED) is 0.756. The molecule has 2 aromatic rings. The van der Waals surface area contributed by atoms with Crippen LogP contribution in [-0.4, -0.2) is 12.9 Å². The van der Waals surface area contributed by atoms with Gasteiger partial charge in [0.2, 0.25) is 0 Å². The average Bonchev–Trinajstić information content (AvgIpc) is 2.47. The molecule has 0 saturated carbocycles. The van der Waals surface area contributed by atoms with E-state index in [0.717, 1.165) is 16.5 Å². The molecule has 0 N–H and O–H groups in total. The van der Waals surface area contributed by atoms with Gasteiger partial charge in [0.1, 0.15) is 5.75 Å². The van der Waals surface area contributed by atoms with Crippen LogP contribution in [0.3, 0.4) is 0 Å². The maximum Gasteiger partial charge on any atom is 0.170 e. The lowest BCUT2D eigenvalue weighted by Gasteiger charge is -2.08. The minimum atomic E-state index is 0.0681. The fraction of sp³-hybridized carbons (Fsp3) is 0.235. The van der Waals surface area contributed by atoms with Crippen LogP contribution in [-0.2, 0) is 12.8 Å². The van der Waals surface area contributed by atoms with Gasteiger partial charge in [0, 0.05) is 10.9 Å². The van der Waals surface area contributed by atoms with E-state index in [1.807, 2.05) is 24.3 Å². The maximum atomic E-state index is 12.4. The van der Waals surface area contributed by atoms with Crippen LogP contribution in [0.4, 0.5) is 0 Å². The Morgan fingerprint density at radius 1 is 1.10 bits per heavy atom. The third-order valence-electron chi connectivity index (χ3n) is 3.26. The van der Waals surface area contributed by atoms with E-state index < -0.39 is 0 Å². The highest BCUT2D eigenvalue weighted by atomic mass is 79.9. The largest absolute Gasteiger partial charge is 0.496 e. The fourth-order valence-corrected chi connectivity index (χ4v) is 2.41. The standard InChI is InChI=1S/C17H17BrO2/c1-3-12-4-6-13(7-5-12)10-16(19)15-9-8-14(18)11-17(15)20-2/h4-9,11H,3,10H2,1-2H3. The molecule has 0 bridgehead atoms. The molecule has 2 aromatic carbocycles. The second-order valence-electron chi connectivity index (χ2n) is 4.61. The zero-order valence-electron chi connectivity index (χ0n) is 11.7. The number of ketones is 1. The molecular formula is C17H17BrO2. The number of benzene rings is 2. The number of Topliss-reactive ketones (excluding diaryl/α,β-unsaturated/α-hetero) is 1. The van der Waals surface area contributed by atoms with Gasteiger partial charge in [-0.25, -0.2) is 0 Å². The van der Waals surface area contributed by atoms with Crippen molar-refractivity contribution in [2.24, 2.45) is 0 Å². The van der Waals surface area contributed by atoms with Crippen LogP contribution >= 0.6 is 15.9 Å². The normalized spacial score (nSPS) is 10.3. The molecule has 0 saturated heterocycles. The first-order valence-corrected chi connectivity index (χ1v) is 7.38. The van der Waals surface area contributed by atoms with Crippen molar-refractivity contribution in [3.63, 3.8) is 0 Å². The molecule has 0 aliphatic carbocycles. The van der Waals surface area contributed by atoms with E-state index in [-0.39, 0.29) is 5.78 Å². The lowest BCUT2D eigenvalue weighted by atomic mass is 10.0. The monoisotopic (exact) mass is 332 g/mol. The van der Waals surface area contributed by atoms with Crippen LogP contribution in [0.2, 0.25) is 0 Å². The summed E-state index contributed by atoms with van der Waals surface area (Å²) in [5.41, 5.74) is 2.93. The number of hydrogen-bond acceptors (Lipinski definition) is 2. The molecule has 0 spiro atoms. The molecule has 0 aliphatic heterocycles. The number of halogens is 1. The van der Waals surface area contributed by atoms with Crippen LogP contribution in [0.15, 0.2) is 46.9 Å². The van der Waals surface area contributed by atoms with Crippen LogP contribution in [0, 0.1) is 0 Å². The van der Waals surface area contributed by atoms with Crippen LogP contribution in [0.1, 0.15) is 28.4 Å². The molecule has 0 aliphatic rings. The van der Waals surface area contributed by atoms with Gasteiger partial charge in [0.15, 0.2) is 5.78 Å². The van der Waals surface area contributed by atoms with Crippen molar-refractivity contribution in [2.75, 3.05) is 7.11 Å². The van der Waals surface area contributed by atoms with Gasteiger partial charge in [0.25, 0.3) is 0 Å². The molecule has 20 heavy (non-hydrogen) atoms. The first-order valence-electron chi connectivity index (χ1n) is 6.58. The third kappa shape index (κ3) is 3.48. The average molecular weight is 333 g/mol. The van der Waals surface area contributed by atoms with Gasteiger partial charge in [-0.1, -0.05) is 47.1 Å². The summed E-state index contributed by atoms with van der Waals surface area (Å²) < 4.78 is 6.17. The van der Waals surface area contributed by atoms with Gasteiger partial charge < -0.3 is 4.74 Å². The molecule has 0 aromatic heterocycles. The highest BCUT2D eigenvalue weighted by molar-refractivity contribution is 9.10. The molecule has 0 heterocycles. The Hall–Kier alpha value is -1.61. The van der Waals surface area contributed by atoms with Crippen LogP contribution < -0.4 is 4.74 Å². The second-order valence-corrected chi connectivity index (χ2v) is 5.53. The zero-order chi connectivity index (χ0) is 14.5. The Bertz CT molecular complexity index is 603. The van der Waals surface area contributed by atoms with E-state index in [2.05, 4.69) is 35.0 Å². The van der Waals surface area contributed by atoms with Gasteiger partial charge >= 0.3 is 0 Å². The van der Waals surface area contributed by atoms with Gasteiger partial charge in [-0.15, -0.1) is 0 Å². The molecule has 3 heteroatoms. The number of aryl methyl sites for hydroxylation is 1. The van der Waals surface area contributed by atoms with Crippen molar-refractivity contribution in [3.8, 4) is 5.75 Å². The van der Waals surface area contributed by atoms with E-state index in [0.29, 0.717) is 17.7 Å². The van der Waals surface area contributed by atoms with E-state index in [4.69, 9.17) is 4.74 Å². The van der Waals surface area contributed by atoms with E-state index in [1.165, 1.54) is 5.56 Å². The summed E-state index contributed by atoms with van der Waals surface area (Å²) in [7, 11) is 1.58. The lowest BCUT2D eigenvalue weighted by Crippen LogP contribution is -2.06. The van der Waals surface area contributed by atoms with Crippen molar-refractivity contribution in [2.45, 2.75) is 19.8 Å². The number of hydrogen-bond donors (Lipinski definition) is 0. The molecule has 0 radical (unpaired) electrons. The van der Waals surface area contributed by atoms with Crippen LogP contribution in [0.5, 0.6) is 5.75 Å². The van der Waals surface area contributed by atoms with Crippen molar-refractivity contribution >= 4 is 21.7 Å². The third-order valence-corrected chi connectivity index (χ3v) is 3.75. The van der Waals surface area contributed by atoms with Gasteiger partial charge in [-0.05, 0) is 35.7 Å². The summed E-state index contributed by atoms with van der Waals surface area (Å²) in [4.78, 5) is 12.4. The molecule has 0 amide bonds. The van der Waals surface area contributed by atoms with Crippen molar-refractivity contribution in [3.05, 3.63) is 63.6 Å². The SMILES string of the molecule is CCc1ccc(CC(=O)c2ccc(Br)cc2OC)cc1. The van der Waals surface area contributed by atoms with E-state index in [9.17, 15) is 4.79 Å². The number of carbonyl (C=O) groups is 1. The molecule has 2 rings (SSSR count). The number of ether oxygens (including phenoxy) is 1. The first kappa shape index (κ1) is 14.8. The van der Waals surface area contributed by atoms with Gasteiger partial charge in [-0.3, -0.25) is 4.79 Å². The Kier molecular flexibility index (Phi) is 4.96. The molecule has 2 nitrogen and oxygen atoms in total. The summed E-state index contributed by atoms with van der Waals surface area (Å²) in [5, 5.41) is 0. The highest BCUT2D eigenvalue weighted by Gasteiger charge is 2.13. The van der Waals surface area contributed by atoms with Crippen LogP contribution in [0.25, 0.3) is 0 Å². The lowest BCUT2D eigenvalue weighted by molar-refractivity contribution is 0.0990. The summed E-state index contributed by atoms with van der Waals surface area (Å²) >= 11 is 3.38. The minimum absolute atomic E-state index is 0.0681. The molecule has 104 valence electrons. The smallest absolute Gasteiger partial charge is 0.170 e. The van der Waals surface area contributed by atoms with Gasteiger partial charge in [-0.2, -0.15) is 0 Å². The van der Waals surface area contributed by atoms with Gasteiger partial charge in [0.05, 0.1) is 12.7 Å². The van der Waals surface area contributed by atoms with Crippen molar-refractivity contribution < 1.29 is 9.53 Å². The van der Waals surface area contributed by atoms with E-state index >= 15 is 0 Å². The summed E-state index contributed by atoms with van der Waals surface area (Å²) in [6.07, 6.45) is 1.40. The Balaban J connectivity index is 2.19. The molecular weight excluding hydrogens is 316 g/mol. The molecule has 0 atom stereocenters. The summed E-state index contributed by atoms with van der Waals surface area (Å²) in [6, 6.07) is 13.6. The highest BCUT2D eigenvalue weighted by Crippen LogP contribution is 2.24. The minimum Gasteiger partial charge on any atom is -0.496 e. The van der Waals surface area contributed by atoms with E-state index in [1.54, 1.807) is 13.2 Å². The molecule has 0 unspecified atom stereocenters. The Morgan fingerprint density at radius 3 is 2.35 bits per heavy atom. The zero-order valence-corrected chi connectivity index (χ0v) is 13.2. The number of carbonyl (C=O) groups excluding carboxylic acids is 1. The van der Waals surface area contributed by atoms with Crippen molar-refractivity contribution in [1.82, 2.24) is 0 Å². The Morgan fingerprint density at radius 2 is 1.75 bits per heavy atom. The molecule has 0 fully saturated rings. The topological polar surface area (TPSA) is 26.3 Å². The van der Waals surface area contributed by atoms with Crippen molar-refractivity contribution in [1.29, 1.82) is 0 Å².